The lowest BCUT2D eigenvalue weighted by molar-refractivity contribution is 0.414. The van der Waals surface area contributed by atoms with Crippen LogP contribution in [0.15, 0.2) is 70.7 Å². The Hall–Kier alpha value is -3.92. The first-order chi connectivity index (χ1) is 18.8. The van der Waals surface area contributed by atoms with E-state index >= 15 is 0 Å². The zero-order valence-corrected chi connectivity index (χ0v) is 23.1. The van der Waals surface area contributed by atoms with Crippen LogP contribution in [0.5, 0.6) is 11.5 Å². The minimum Gasteiger partial charge on any atom is -0.497 e. The van der Waals surface area contributed by atoms with Crippen molar-refractivity contribution >= 4 is 26.6 Å². The Bertz CT molecular complexity index is 1580. The number of hydrogen-bond acceptors (Lipinski definition) is 8. The lowest BCUT2D eigenvalue weighted by Gasteiger charge is -2.28. The zero-order chi connectivity index (χ0) is 27.6. The lowest BCUT2D eigenvalue weighted by atomic mass is 10.1. The second kappa shape index (κ2) is 11.1. The van der Waals surface area contributed by atoms with Gasteiger partial charge in [-0.05, 0) is 48.2 Å². The highest BCUT2D eigenvalue weighted by Crippen LogP contribution is 2.34. The van der Waals surface area contributed by atoms with E-state index in [-0.39, 0.29) is 16.8 Å². The molecule has 4 aromatic rings. The molecule has 0 radical (unpaired) electrons. The average molecular weight is 549 g/mol. The molecule has 2 heterocycles. The van der Waals surface area contributed by atoms with E-state index in [1.54, 1.807) is 24.9 Å². The molecule has 0 atom stereocenters. The van der Waals surface area contributed by atoms with Gasteiger partial charge in [0.15, 0.2) is 0 Å². The van der Waals surface area contributed by atoms with Gasteiger partial charge in [-0.2, -0.15) is 4.98 Å². The topological polar surface area (TPSA) is 104 Å². The molecule has 2 aromatic carbocycles. The molecule has 1 aliphatic carbocycles. The van der Waals surface area contributed by atoms with E-state index in [9.17, 15) is 13.2 Å². The summed E-state index contributed by atoms with van der Waals surface area (Å²) in [6.07, 6.45) is 6.36. The van der Waals surface area contributed by atoms with Crippen LogP contribution in [0.2, 0.25) is 0 Å². The third-order valence-electron chi connectivity index (χ3n) is 7.18. The van der Waals surface area contributed by atoms with Crippen LogP contribution >= 0.6 is 0 Å². The van der Waals surface area contributed by atoms with E-state index in [0.29, 0.717) is 29.8 Å². The standard InChI is InChI=1S/C29H32N4O5S/c1-37-23-12-8-20(9-13-23)18-32(19-21-10-14-24(38-2)15-11-21)26-16-27(34)33(22-6-4-5-7-22)28-25(26)17-30-29(31-28)39(3,35)36/h8-17,22H,4-7,18-19H2,1-3H3. The van der Waals surface area contributed by atoms with Crippen LogP contribution in [0.3, 0.4) is 0 Å². The van der Waals surface area contributed by atoms with Crippen LogP contribution in [0, 0.1) is 0 Å². The summed E-state index contributed by atoms with van der Waals surface area (Å²) < 4.78 is 37.0. The van der Waals surface area contributed by atoms with Gasteiger partial charge in [0.25, 0.3) is 5.56 Å². The van der Waals surface area contributed by atoms with Crippen molar-refractivity contribution in [2.45, 2.75) is 50.0 Å². The first-order valence-corrected chi connectivity index (χ1v) is 14.8. The molecular formula is C29H32N4O5S. The summed E-state index contributed by atoms with van der Waals surface area (Å²) >= 11 is 0. The molecule has 0 saturated heterocycles. The number of aromatic nitrogens is 3. The van der Waals surface area contributed by atoms with Crippen molar-refractivity contribution in [3.8, 4) is 11.5 Å². The lowest BCUT2D eigenvalue weighted by Crippen LogP contribution is -2.29. The number of sulfone groups is 1. The number of fused-ring (bicyclic) bond motifs is 1. The third kappa shape index (κ3) is 5.75. The smallest absolute Gasteiger partial charge is 0.254 e. The summed E-state index contributed by atoms with van der Waals surface area (Å²) in [5.41, 5.74) is 2.85. The van der Waals surface area contributed by atoms with Crippen molar-refractivity contribution in [3.05, 3.63) is 82.3 Å². The van der Waals surface area contributed by atoms with Gasteiger partial charge in [0.1, 0.15) is 17.1 Å². The predicted octanol–water partition coefficient (Wildman–Crippen LogP) is 4.53. The maximum atomic E-state index is 13.7. The fraction of sp³-hybridized carbons (Fsp3) is 0.345. The first-order valence-electron chi connectivity index (χ1n) is 12.9. The number of benzene rings is 2. The Morgan fingerprint density at radius 2 is 1.46 bits per heavy atom. The number of hydrogen-bond donors (Lipinski definition) is 0. The second-order valence-corrected chi connectivity index (χ2v) is 11.8. The van der Waals surface area contributed by atoms with E-state index in [2.05, 4.69) is 14.9 Å². The van der Waals surface area contributed by atoms with Crippen LogP contribution in [0.1, 0.15) is 42.9 Å². The zero-order valence-electron chi connectivity index (χ0n) is 22.3. The first kappa shape index (κ1) is 26.7. The Morgan fingerprint density at radius 1 is 0.923 bits per heavy atom. The molecule has 9 nitrogen and oxygen atoms in total. The minimum atomic E-state index is -3.67. The molecule has 10 heteroatoms. The summed E-state index contributed by atoms with van der Waals surface area (Å²) in [5.74, 6) is 1.51. The van der Waals surface area contributed by atoms with Gasteiger partial charge in [-0.15, -0.1) is 0 Å². The van der Waals surface area contributed by atoms with E-state index in [1.807, 2.05) is 48.5 Å². The molecule has 5 rings (SSSR count). The number of anilines is 1. The van der Waals surface area contributed by atoms with E-state index in [0.717, 1.165) is 54.6 Å². The quantitative estimate of drug-likeness (QED) is 0.281. The number of methoxy groups -OCH3 is 2. The van der Waals surface area contributed by atoms with Crippen LogP contribution in [0.25, 0.3) is 11.0 Å². The molecule has 0 spiro atoms. The molecular weight excluding hydrogens is 516 g/mol. The van der Waals surface area contributed by atoms with Gasteiger partial charge in [-0.1, -0.05) is 37.1 Å². The number of nitrogens with zero attached hydrogens (tertiary/aromatic N) is 4. The molecule has 0 N–H and O–H groups in total. The number of pyridine rings is 1. The van der Waals surface area contributed by atoms with Gasteiger partial charge >= 0.3 is 0 Å². The van der Waals surface area contributed by atoms with Crippen LogP contribution in [-0.4, -0.2) is 43.4 Å². The van der Waals surface area contributed by atoms with Crippen molar-refractivity contribution in [1.29, 1.82) is 0 Å². The highest BCUT2D eigenvalue weighted by molar-refractivity contribution is 7.90. The highest BCUT2D eigenvalue weighted by Gasteiger charge is 2.25. The fourth-order valence-electron chi connectivity index (χ4n) is 5.17. The normalized spacial score (nSPS) is 14.0. The van der Waals surface area contributed by atoms with Crippen molar-refractivity contribution < 1.29 is 17.9 Å². The van der Waals surface area contributed by atoms with Crippen molar-refractivity contribution in [1.82, 2.24) is 14.5 Å². The average Bonchev–Trinajstić information content (AvgIpc) is 3.46. The molecule has 39 heavy (non-hydrogen) atoms. The molecule has 2 aromatic heterocycles. The number of ether oxygens (including phenoxy) is 2. The third-order valence-corrected chi connectivity index (χ3v) is 8.04. The Labute approximate surface area is 228 Å². The minimum absolute atomic E-state index is 0.0204. The summed E-state index contributed by atoms with van der Waals surface area (Å²) in [7, 11) is -0.413. The van der Waals surface area contributed by atoms with Crippen LogP contribution in [0.4, 0.5) is 5.69 Å². The second-order valence-electron chi connectivity index (χ2n) is 9.89. The summed E-state index contributed by atoms with van der Waals surface area (Å²) in [5, 5.41) is 0.353. The molecule has 1 fully saturated rings. The van der Waals surface area contributed by atoms with E-state index < -0.39 is 9.84 Å². The van der Waals surface area contributed by atoms with Gasteiger partial charge in [-0.3, -0.25) is 9.36 Å². The van der Waals surface area contributed by atoms with Crippen molar-refractivity contribution in [2.24, 2.45) is 0 Å². The van der Waals surface area contributed by atoms with E-state index in [1.165, 1.54) is 6.20 Å². The van der Waals surface area contributed by atoms with Crippen molar-refractivity contribution in [2.75, 3.05) is 25.4 Å². The van der Waals surface area contributed by atoms with Gasteiger partial charge in [0, 0.05) is 37.7 Å². The molecule has 0 aliphatic heterocycles. The molecule has 0 unspecified atom stereocenters. The number of rotatable bonds is 9. The van der Waals surface area contributed by atoms with Crippen LogP contribution in [-0.2, 0) is 22.9 Å². The molecule has 0 bridgehead atoms. The molecule has 204 valence electrons. The largest absolute Gasteiger partial charge is 0.497 e. The summed E-state index contributed by atoms with van der Waals surface area (Å²) in [6, 6.07) is 17.2. The Morgan fingerprint density at radius 3 is 1.95 bits per heavy atom. The van der Waals surface area contributed by atoms with Gasteiger partial charge in [0.05, 0.1) is 25.3 Å². The van der Waals surface area contributed by atoms with E-state index in [4.69, 9.17) is 9.47 Å². The Balaban J connectivity index is 1.67. The monoisotopic (exact) mass is 548 g/mol. The maximum Gasteiger partial charge on any atom is 0.254 e. The van der Waals surface area contributed by atoms with Gasteiger partial charge in [-0.25, -0.2) is 13.4 Å². The highest BCUT2D eigenvalue weighted by atomic mass is 32.2. The molecule has 1 saturated carbocycles. The maximum absolute atomic E-state index is 13.7. The SMILES string of the molecule is COc1ccc(CN(Cc2ccc(OC)cc2)c2cc(=O)n(C3CCCC3)c3nc(S(C)(=O)=O)ncc23)cc1. The van der Waals surface area contributed by atoms with Crippen LogP contribution < -0.4 is 19.9 Å². The molecule has 1 aliphatic rings. The predicted molar refractivity (Wildman–Crippen MR) is 150 cm³/mol. The Kier molecular flexibility index (Phi) is 7.56. The van der Waals surface area contributed by atoms with Gasteiger partial charge in [0.2, 0.25) is 15.0 Å². The summed E-state index contributed by atoms with van der Waals surface area (Å²) in [4.78, 5) is 24.4. The fourth-order valence-corrected chi connectivity index (χ4v) is 5.67. The van der Waals surface area contributed by atoms with Crippen molar-refractivity contribution in [3.63, 3.8) is 0 Å². The molecule has 0 amide bonds. The van der Waals surface area contributed by atoms with Gasteiger partial charge < -0.3 is 14.4 Å². The summed E-state index contributed by atoms with van der Waals surface area (Å²) in [6.45, 7) is 0.984.